The van der Waals surface area contributed by atoms with E-state index < -0.39 is 22.4 Å². The van der Waals surface area contributed by atoms with E-state index in [9.17, 15) is 18.3 Å². The molecule has 2 rings (SSSR count). The van der Waals surface area contributed by atoms with Gasteiger partial charge in [-0.05, 0) is 12.0 Å². The monoisotopic (exact) mass is 300 g/mol. The highest BCUT2D eigenvalue weighted by atomic mass is 32.2. The fourth-order valence-electron chi connectivity index (χ4n) is 2.06. The van der Waals surface area contributed by atoms with Crippen LogP contribution in [-0.4, -0.2) is 52.5 Å². The Morgan fingerprint density at radius 1 is 1.35 bits per heavy atom. The maximum absolute atomic E-state index is 12.3. The van der Waals surface area contributed by atoms with E-state index in [1.807, 2.05) is 0 Å². The third kappa shape index (κ3) is 3.09. The highest BCUT2D eigenvalue weighted by Crippen LogP contribution is 2.19. The van der Waals surface area contributed by atoms with Crippen LogP contribution < -0.4 is 0 Å². The smallest absolute Gasteiger partial charge is 0.422 e. The van der Waals surface area contributed by atoms with E-state index in [1.165, 1.54) is 0 Å². The van der Waals surface area contributed by atoms with Gasteiger partial charge in [0, 0.05) is 13.1 Å². The molecule has 0 aliphatic carbocycles. The normalized spacial score (nSPS) is 19.9. The van der Waals surface area contributed by atoms with Crippen LogP contribution in [0, 0.1) is 0 Å². The highest BCUT2D eigenvalue weighted by Gasteiger charge is 2.37. The first-order valence-electron chi connectivity index (χ1n) is 6.14. The Morgan fingerprint density at radius 2 is 2.00 bits per heavy atom. The van der Waals surface area contributed by atoms with Crippen molar-refractivity contribution in [2.75, 3.05) is 13.1 Å². The fraction of sp³-hybridized carbons (Fsp3) is 0.417. The minimum absolute atomic E-state index is 0.0685. The van der Waals surface area contributed by atoms with E-state index in [0.717, 1.165) is 4.31 Å². The molecule has 1 atom stereocenters. The molecule has 1 aliphatic rings. The summed E-state index contributed by atoms with van der Waals surface area (Å²) in [5.41, 5.74) is 0.582. The average Bonchev–Trinajstić information content (AvgIpc) is 2.84. The van der Waals surface area contributed by atoms with Crippen LogP contribution in [0.4, 0.5) is 4.79 Å². The first kappa shape index (κ1) is 14.8. The van der Waals surface area contributed by atoms with Crippen molar-refractivity contribution in [3.63, 3.8) is 0 Å². The highest BCUT2D eigenvalue weighted by molar-refractivity contribution is 7.87. The number of hydrogen-bond donors (Lipinski definition) is 2. The maximum atomic E-state index is 12.3. The summed E-state index contributed by atoms with van der Waals surface area (Å²) in [4.78, 5) is 11.2. The molecule has 2 N–H and O–H groups in total. The van der Waals surface area contributed by atoms with Crippen LogP contribution in [0.25, 0.3) is 0 Å². The van der Waals surface area contributed by atoms with Gasteiger partial charge in [0.25, 0.3) is 0 Å². The van der Waals surface area contributed by atoms with Crippen molar-refractivity contribution in [1.29, 1.82) is 0 Å². The van der Waals surface area contributed by atoms with Crippen LogP contribution in [-0.2, 0) is 16.8 Å². The van der Waals surface area contributed by atoms with Crippen LogP contribution in [0.1, 0.15) is 12.0 Å². The number of carboxylic acid groups (broad SMARTS) is 1. The lowest BCUT2D eigenvalue weighted by Crippen LogP contribution is -2.45. The third-order valence-electron chi connectivity index (χ3n) is 3.11. The lowest BCUT2D eigenvalue weighted by atomic mass is 10.2. The molecular formula is C12H16N2O5S. The molecule has 20 heavy (non-hydrogen) atoms. The SMILES string of the molecule is O=C(O)N(Cc1ccccc1)S(=O)(=O)N1CCC(O)C1. The van der Waals surface area contributed by atoms with Crippen molar-refractivity contribution in [2.45, 2.75) is 19.1 Å². The summed E-state index contributed by atoms with van der Waals surface area (Å²) in [5.74, 6) is 0. The zero-order valence-electron chi connectivity index (χ0n) is 10.7. The van der Waals surface area contributed by atoms with Gasteiger partial charge in [0.2, 0.25) is 0 Å². The summed E-state index contributed by atoms with van der Waals surface area (Å²) in [6.07, 6.45) is -1.95. The van der Waals surface area contributed by atoms with Crippen LogP contribution in [0.5, 0.6) is 0 Å². The Morgan fingerprint density at radius 3 is 2.50 bits per heavy atom. The van der Waals surface area contributed by atoms with Crippen molar-refractivity contribution >= 4 is 16.3 Å². The second-order valence-electron chi connectivity index (χ2n) is 4.58. The maximum Gasteiger partial charge on any atom is 0.422 e. The molecular weight excluding hydrogens is 284 g/mol. The van der Waals surface area contributed by atoms with Gasteiger partial charge >= 0.3 is 16.3 Å². The summed E-state index contributed by atoms with van der Waals surface area (Å²) in [5, 5.41) is 18.6. The molecule has 0 bridgehead atoms. The summed E-state index contributed by atoms with van der Waals surface area (Å²) in [6, 6.07) is 8.50. The van der Waals surface area contributed by atoms with Gasteiger partial charge in [-0.1, -0.05) is 30.3 Å². The number of aliphatic hydroxyl groups is 1. The first-order chi connectivity index (χ1) is 9.41. The number of hydrogen-bond acceptors (Lipinski definition) is 4. The van der Waals surface area contributed by atoms with Crippen LogP contribution in [0.2, 0.25) is 0 Å². The quantitative estimate of drug-likeness (QED) is 0.842. The zero-order chi connectivity index (χ0) is 14.8. The van der Waals surface area contributed by atoms with Gasteiger partial charge in [0.1, 0.15) is 0 Å². The van der Waals surface area contributed by atoms with Crippen molar-refractivity contribution in [1.82, 2.24) is 8.61 Å². The molecule has 1 unspecified atom stereocenters. The number of benzene rings is 1. The Labute approximate surface area is 117 Å². The zero-order valence-corrected chi connectivity index (χ0v) is 11.5. The second-order valence-corrected chi connectivity index (χ2v) is 6.44. The Balaban J connectivity index is 2.22. The van der Waals surface area contributed by atoms with E-state index in [2.05, 4.69) is 0 Å². The minimum atomic E-state index is -4.12. The molecule has 7 nitrogen and oxygen atoms in total. The Hall–Kier alpha value is -1.64. The predicted octanol–water partition coefficient (Wildman–Crippen LogP) is 0.478. The molecule has 1 fully saturated rings. The number of carbonyl (C=O) groups is 1. The van der Waals surface area contributed by atoms with E-state index in [0.29, 0.717) is 16.3 Å². The van der Waals surface area contributed by atoms with E-state index >= 15 is 0 Å². The molecule has 1 saturated heterocycles. The van der Waals surface area contributed by atoms with Gasteiger partial charge in [-0.25, -0.2) is 4.79 Å². The molecule has 1 amide bonds. The number of amides is 1. The van der Waals surface area contributed by atoms with Crippen LogP contribution >= 0.6 is 0 Å². The van der Waals surface area contributed by atoms with E-state index in [4.69, 9.17) is 5.11 Å². The molecule has 0 saturated carbocycles. The van der Waals surface area contributed by atoms with Gasteiger partial charge in [-0.15, -0.1) is 0 Å². The molecule has 0 radical (unpaired) electrons. The van der Waals surface area contributed by atoms with Crippen LogP contribution in [0.3, 0.4) is 0 Å². The summed E-state index contributed by atoms with van der Waals surface area (Å²) in [6.45, 7) is -0.186. The number of rotatable bonds is 4. The Kier molecular flexibility index (Phi) is 4.26. The molecule has 8 heteroatoms. The van der Waals surface area contributed by atoms with Gasteiger partial charge in [0.05, 0.1) is 12.6 Å². The van der Waals surface area contributed by atoms with Gasteiger partial charge in [-0.3, -0.25) is 0 Å². The molecule has 110 valence electrons. The van der Waals surface area contributed by atoms with E-state index in [-0.39, 0.29) is 19.6 Å². The average molecular weight is 300 g/mol. The lowest BCUT2D eigenvalue weighted by Gasteiger charge is -2.25. The lowest BCUT2D eigenvalue weighted by molar-refractivity contribution is 0.166. The van der Waals surface area contributed by atoms with Gasteiger partial charge < -0.3 is 10.2 Å². The van der Waals surface area contributed by atoms with Crippen molar-refractivity contribution in [2.24, 2.45) is 0 Å². The molecule has 1 aromatic rings. The second kappa shape index (κ2) is 5.78. The molecule has 1 aromatic carbocycles. The largest absolute Gasteiger partial charge is 0.464 e. The Bertz CT molecular complexity index is 575. The standard InChI is InChI=1S/C12H16N2O5S/c15-11-6-7-13(9-11)20(18,19)14(12(16)17)8-10-4-2-1-3-5-10/h1-5,11,15H,6-9H2,(H,16,17). The van der Waals surface area contributed by atoms with Crippen molar-refractivity contribution < 1.29 is 23.4 Å². The van der Waals surface area contributed by atoms with Crippen molar-refractivity contribution in [3.05, 3.63) is 35.9 Å². The van der Waals surface area contributed by atoms with Gasteiger partial charge in [0.15, 0.2) is 0 Å². The first-order valence-corrected chi connectivity index (χ1v) is 7.53. The number of β-amino-alcohol motifs (C(OH)–C–C–N with tert-alkyl or cyclic N) is 1. The predicted molar refractivity (Wildman–Crippen MR) is 71.1 cm³/mol. The molecule has 0 spiro atoms. The number of aliphatic hydroxyl groups excluding tert-OH is 1. The fourth-order valence-corrected chi connectivity index (χ4v) is 3.54. The minimum Gasteiger partial charge on any atom is -0.464 e. The molecule has 1 heterocycles. The topological polar surface area (TPSA) is 98.2 Å². The third-order valence-corrected chi connectivity index (χ3v) is 4.94. The number of nitrogens with zero attached hydrogens (tertiary/aromatic N) is 2. The summed E-state index contributed by atoms with van der Waals surface area (Å²) >= 11 is 0. The van der Waals surface area contributed by atoms with Crippen LogP contribution in [0.15, 0.2) is 30.3 Å². The molecule has 0 aromatic heterocycles. The molecule has 1 aliphatic heterocycles. The van der Waals surface area contributed by atoms with Gasteiger partial charge in [-0.2, -0.15) is 17.0 Å². The van der Waals surface area contributed by atoms with E-state index in [1.54, 1.807) is 30.3 Å². The summed E-state index contributed by atoms with van der Waals surface area (Å²) < 4.78 is 26.0. The van der Waals surface area contributed by atoms with Crippen molar-refractivity contribution in [3.8, 4) is 0 Å². The summed E-state index contributed by atoms with van der Waals surface area (Å²) in [7, 11) is -4.12.